The van der Waals surface area contributed by atoms with Crippen LogP contribution in [0.25, 0.3) is 0 Å². The first-order chi connectivity index (χ1) is 11.5. The predicted molar refractivity (Wildman–Crippen MR) is 90.5 cm³/mol. The van der Waals surface area contributed by atoms with Crippen LogP contribution in [0, 0.1) is 5.92 Å². The maximum atomic E-state index is 12.8. The zero-order valence-electron chi connectivity index (χ0n) is 13.7. The molecule has 1 aliphatic carbocycles. The van der Waals surface area contributed by atoms with Gasteiger partial charge in [-0.15, -0.1) is 0 Å². The van der Waals surface area contributed by atoms with Gasteiger partial charge >= 0.3 is 6.03 Å². The van der Waals surface area contributed by atoms with E-state index < -0.39 is 11.9 Å². The molecule has 1 saturated carbocycles. The van der Waals surface area contributed by atoms with E-state index in [2.05, 4.69) is 6.92 Å². The number of urea groups is 1. The minimum absolute atomic E-state index is 0.0771. The summed E-state index contributed by atoms with van der Waals surface area (Å²) in [4.78, 5) is 39.7. The molecule has 0 unspecified atom stereocenters. The van der Waals surface area contributed by atoms with Crippen LogP contribution in [-0.2, 0) is 16.0 Å². The highest BCUT2D eigenvalue weighted by atomic mass is 35.5. The lowest BCUT2D eigenvalue weighted by molar-refractivity contribution is -0.144. The third-order valence-electron chi connectivity index (χ3n) is 4.97. The Morgan fingerprint density at radius 2 is 1.96 bits per heavy atom. The second-order valence-electron chi connectivity index (χ2n) is 6.62. The smallest absolute Gasteiger partial charge is 0.274 e. The molecule has 2 fully saturated rings. The highest BCUT2D eigenvalue weighted by Crippen LogP contribution is 2.32. The molecule has 0 bridgehead atoms. The van der Waals surface area contributed by atoms with Crippen molar-refractivity contribution in [2.24, 2.45) is 5.92 Å². The minimum Gasteiger partial charge on any atom is -0.274 e. The van der Waals surface area contributed by atoms with Crippen molar-refractivity contribution in [3.8, 4) is 0 Å². The van der Waals surface area contributed by atoms with Crippen molar-refractivity contribution >= 4 is 29.4 Å². The van der Waals surface area contributed by atoms with E-state index in [1.54, 1.807) is 6.07 Å². The van der Waals surface area contributed by atoms with Crippen LogP contribution >= 0.6 is 11.6 Å². The molecule has 1 aromatic rings. The van der Waals surface area contributed by atoms with E-state index in [1.807, 2.05) is 18.2 Å². The van der Waals surface area contributed by atoms with Crippen LogP contribution in [0.1, 0.15) is 38.2 Å². The minimum atomic E-state index is -0.461. The number of hydrogen-bond acceptors (Lipinski definition) is 3. The Morgan fingerprint density at radius 3 is 2.62 bits per heavy atom. The van der Waals surface area contributed by atoms with Crippen molar-refractivity contribution in [3.63, 3.8) is 0 Å². The molecular weight excluding hydrogens is 328 g/mol. The fraction of sp³-hybridized carbons (Fsp3) is 0.500. The van der Waals surface area contributed by atoms with Gasteiger partial charge in [0.25, 0.3) is 0 Å². The fourth-order valence-corrected chi connectivity index (χ4v) is 3.86. The second kappa shape index (κ2) is 6.93. The van der Waals surface area contributed by atoms with Gasteiger partial charge in [-0.1, -0.05) is 37.1 Å². The number of benzene rings is 1. The fourth-order valence-electron chi connectivity index (χ4n) is 3.64. The molecule has 1 heterocycles. The van der Waals surface area contributed by atoms with E-state index in [1.165, 1.54) is 9.80 Å². The normalized spacial score (nSPS) is 24.8. The zero-order chi connectivity index (χ0) is 17.3. The quantitative estimate of drug-likeness (QED) is 0.785. The van der Waals surface area contributed by atoms with E-state index in [-0.39, 0.29) is 24.9 Å². The Hall–Kier alpha value is -1.88. The number of halogens is 1. The first kappa shape index (κ1) is 17.0. The lowest BCUT2D eigenvalue weighted by Crippen LogP contribution is -2.59. The summed E-state index contributed by atoms with van der Waals surface area (Å²) in [5, 5.41) is 0.625. The molecule has 0 radical (unpaired) electrons. The summed E-state index contributed by atoms with van der Waals surface area (Å²) in [6.07, 6.45) is 3.16. The van der Waals surface area contributed by atoms with Crippen molar-refractivity contribution in [2.75, 3.05) is 6.54 Å². The van der Waals surface area contributed by atoms with Crippen molar-refractivity contribution in [1.82, 2.24) is 9.80 Å². The molecule has 24 heavy (non-hydrogen) atoms. The second-order valence-corrected chi connectivity index (χ2v) is 7.06. The maximum absolute atomic E-state index is 12.8. The molecule has 0 N–H and O–H groups in total. The number of nitrogens with zero attached hydrogens (tertiary/aromatic N) is 2. The Labute approximate surface area is 146 Å². The zero-order valence-corrected chi connectivity index (χ0v) is 14.5. The average molecular weight is 349 g/mol. The number of hydrogen-bond donors (Lipinski definition) is 0. The summed E-state index contributed by atoms with van der Waals surface area (Å²) < 4.78 is 0. The van der Waals surface area contributed by atoms with Gasteiger partial charge in [-0.3, -0.25) is 19.4 Å². The van der Waals surface area contributed by atoms with Crippen LogP contribution < -0.4 is 0 Å². The molecule has 4 amide bonds. The Kier molecular flexibility index (Phi) is 4.90. The van der Waals surface area contributed by atoms with Crippen LogP contribution in [0.5, 0.6) is 0 Å². The third kappa shape index (κ3) is 3.31. The molecule has 0 spiro atoms. The van der Waals surface area contributed by atoms with Crippen molar-refractivity contribution in [2.45, 2.75) is 45.1 Å². The Balaban J connectivity index is 1.73. The molecule has 2 atom stereocenters. The van der Waals surface area contributed by atoms with E-state index in [4.69, 9.17) is 11.6 Å². The van der Waals surface area contributed by atoms with E-state index in [0.29, 0.717) is 17.4 Å². The number of rotatable bonds is 4. The van der Waals surface area contributed by atoms with Crippen LogP contribution in [0.3, 0.4) is 0 Å². The van der Waals surface area contributed by atoms with Gasteiger partial charge in [0.2, 0.25) is 11.8 Å². The highest BCUT2D eigenvalue weighted by Gasteiger charge is 2.43. The first-order valence-electron chi connectivity index (χ1n) is 8.38. The average Bonchev–Trinajstić information content (AvgIpc) is 2.93. The Morgan fingerprint density at radius 1 is 1.17 bits per heavy atom. The van der Waals surface area contributed by atoms with E-state index in [9.17, 15) is 14.4 Å². The lowest BCUT2D eigenvalue weighted by Gasteiger charge is -2.37. The van der Waals surface area contributed by atoms with Gasteiger partial charge in [-0.25, -0.2) is 4.79 Å². The van der Waals surface area contributed by atoms with Gasteiger partial charge in [-0.05, 0) is 42.9 Å². The number of imide groups is 2. The lowest BCUT2D eigenvalue weighted by atomic mass is 10.0. The van der Waals surface area contributed by atoms with Gasteiger partial charge in [-0.2, -0.15) is 0 Å². The predicted octanol–water partition coefficient (Wildman–Crippen LogP) is 3.25. The molecule has 1 aliphatic heterocycles. The summed E-state index contributed by atoms with van der Waals surface area (Å²) in [7, 11) is 0. The maximum Gasteiger partial charge on any atom is 0.333 e. The van der Waals surface area contributed by atoms with Crippen molar-refractivity contribution < 1.29 is 14.4 Å². The van der Waals surface area contributed by atoms with Crippen molar-refractivity contribution in [3.05, 3.63) is 34.9 Å². The van der Waals surface area contributed by atoms with Gasteiger partial charge in [0, 0.05) is 17.6 Å². The summed E-state index contributed by atoms with van der Waals surface area (Å²) in [6, 6.07) is 6.82. The highest BCUT2D eigenvalue weighted by molar-refractivity contribution is 6.30. The van der Waals surface area contributed by atoms with Gasteiger partial charge in [0.05, 0.1) is 0 Å². The summed E-state index contributed by atoms with van der Waals surface area (Å²) >= 11 is 5.97. The van der Waals surface area contributed by atoms with Gasteiger partial charge < -0.3 is 0 Å². The number of barbiturate groups is 1. The largest absolute Gasteiger partial charge is 0.333 e. The number of carbonyl (C=O) groups is 3. The molecule has 6 heteroatoms. The topological polar surface area (TPSA) is 57.7 Å². The van der Waals surface area contributed by atoms with Crippen LogP contribution in [-0.4, -0.2) is 40.2 Å². The first-order valence-corrected chi connectivity index (χ1v) is 8.76. The van der Waals surface area contributed by atoms with Gasteiger partial charge in [0.1, 0.15) is 6.42 Å². The van der Waals surface area contributed by atoms with E-state index in [0.717, 1.165) is 24.8 Å². The molecular formula is C18H21ClN2O3. The number of amides is 4. The monoisotopic (exact) mass is 348 g/mol. The SMILES string of the molecule is C[C@@H]1CCC[C@@H]1N1C(=O)CC(=O)N(CCc2cccc(Cl)c2)C1=O. The molecule has 0 aromatic heterocycles. The standard InChI is InChI=1S/C18H21ClN2O3/c1-12-4-2-7-15(12)21-17(23)11-16(22)20(18(21)24)9-8-13-5-3-6-14(19)10-13/h3,5-6,10,12,15H,2,4,7-9,11H2,1H3/t12-,15+/m1/s1. The van der Waals surface area contributed by atoms with Crippen molar-refractivity contribution in [1.29, 1.82) is 0 Å². The molecule has 3 rings (SSSR count). The summed E-state index contributed by atoms with van der Waals surface area (Å²) in [5.74, 6) is -0.474. The molecule has 1 aromatic carbocycles. The van der Waals surface area contributed by atoms with Gasteiger partial charge in [0.15, 0.2) is 0 Å². The summed E-state index contributed by atoms with van der Waals surface area (Å²) in [5.41, 5.74) is 0.959. The molecule has 128 valence electrons. The van der Waals surface area contributed by atoms with Crippen LogP contribution in [0.4, 0.5) is 4.79 Å². The molecule has 1 saturated heterocycles. The Bertz CT molecular complexity index is 676. The third-order valence-corrected chi connectivity index (χ3v) is 5.21. The number of carbonyl (C=O) groups excluding carboxylic acids is 3. The van der Waals surface area contributed by atoms with Crippen LogP contribution in [0.15, 0.2) is 24.3 Å². The molecule has 5 nitrogen and oxygen atoms in total. The van der Waals surface area contributed by atoms with Crippen LogP contribution in [0.2, 0.25) is 5.02 Å². The summed E-state index contributed by atoms with van der Waals surface area (Å²) in [6.45, 7) is 2.33. The van der Waals surface area contributed by atoms with E-state index >= 15 is 0 Å². The molecule has 2 aliphatic rings.